The average Bonchev–Trinajstić information content (AvgIpc) is 2.28. The summed E-state index contributed by atoms with van der Waals surface area (Å²) < 4.78 is 0. The Kier molecular flexibility index (Phi) is 2.78. The zero-order chi connectivity index (χ0) is 10.5. The predicted octanol–water partition coefficient (Wildman–Crippen LogP) is 1.29. The molecule has 1 aliphatic rings. The van der Waals surface area contributed by atoms with Crippen molar-refractivity contribution in [2.45, 2.75) is 0 Å². The normalized spacial score (nSPS) is 15.7. The monoisotopic (exact) mass is 201 g/mol. The van der Waals surface area contributed by atoms with Gasteiger partial charge in [-0.05, 0) is 30.4 Å². The molecule has 0 unspecified atom stereocenters. The van der Waals surface area contributed by atoms with Gasteiger partial charge in [-0.1, -0.05) is 6.07 Å². The largest absolute Gasteiger partial charge is 0.334 e. The number of hydrogen-bond donors (Lipinski definition) is 2. The smallest absolute Gasteiger partial charge is 0.319 e. The summed E-state index contributed by atoms with van der Waals surface area (Å²) in [5.74, 6) is 0. The van der Waals surface area contributed by atoms with Crippen LogP contribution in [0.3, 0.4) is 0 Å². The van der Waals surface area contributed by atoms with E-state index in [4.69, 9.17) is 0 Å². The minimum atomic E-state index is -0.168. The molecule has 2 N–H and O–H groups in total. The molecule has 76 valence electrons. The molecule has 15 heavy (non-hydrogen) atoms. The number of allylic oxidation sites excluding steroid dienone is 1. The maximum atomic E-state index is 11.0. The molecule has 2 heterocycles. The van der Waals surface area contributed by atoms with Crippen molar-refractivity contribution in [1.29, 1.82) is 0 Å². The Morgan fingerprint density at radius 3 is 3.00 bits per heavy atom. The third-order valence-corrected chi connectivity index (χ3v) is 1.96. The molecule has 0 saturated heterocycles. The molecule has 0 saturated carbocycles. The van der Waals surface area contributed by atoms with Crippen molar-refractivity contribution in [3.05, 3.63) is 47.9 Å². The number of aromatic nitrogens is 1. The van der Waals surface area contributed by atoms with Gasteiger partial charge < -0.3 is 10.6 Å². The molecule has 0 fully saturated rings. The average molecular weight is 201 g/mol. The molecule has 0 spiro atoms. The highest BCUT2D eigenvalue weighted by atomic mass is 16.2. The Morgan fingerprint density at radius 2 is 2.27 bits per heavy atom. The van der Waals surface area contributed by atoms with E-state index in [9.17, 15) is 4.79 Å². The van der Waals surface area contributed by atoms with Crippen LogP contribution >= 0.6 is 0 Å². The highest BCUT2D eigenvalue weighted by Gasteiger charge is 2.05. The summed E-state index contributed by atoms with van der Waals surface area (Å²) in [5, 5.41) is 5.32. The van der Waals surface area contributed by atoms with E-state index >= 15 is 0 Å². The summed E-state index contributed by atoms with van der Waals surface area (Å²) in [5.41, 5.74) is 1.66. The first-order valence-corrected chi connectivity index (χ1v) is 4.69. The quantitative estimate of drug-likeness (QED) is 0.757. The van der Waals surface area contributed by atoms with Gasteiger partial charge in [-0.25, -0.2) is 4.79 Å². The van der Waals surface area contributed by atoms with Crippen LogP contribution in [0.1, 0.15) is 5.69 Å². The van der Waals surface area contributed by atoms with E-state index < -0.39 is 0 Å². The molecule has 1 aromatic heterocycles. The van der Waals surface area contributed by atoms with Crippen LogP contribution in [0.5, 0.6) is 0 Å². The molecule has 2 amide bonds. The van der Waals surface area contributed by atoms with E-state index in [2.05, 4.69) is 15.6 Å². The number of carbonyl (C=O) groups excluding carboxylic acids is 1. The van der Waals surface area contributed by atoms with E-state index in [1.54, 1.807) is 6.20 Å². The van der Waals surface area contributed by atoms with Crippen LogP contribution in [0.25, 0.3) is 6.08 Å². The van der Waals surface area contributed by atoms with Gasteiger partial charge >= 0.3 is 6.03 Å². The number of urea groups is 1. The third-order valence-electron chi connectivity index (χ3n) is 1.96. The zero-order valence-corrected chi connectivity index (χ0v) is 8.10. The van der Waals surface area contributed by atoms with Gasteiger partial charge in [-0.15, -0.1) is 0 Å². The fourth-order valence-electron chi connectivity index (χ4n) is 1.24. The fraction of sp³-hybridized carbons (Fsp3) is 0.0909. The fourth-order valence-corrected chi connectivity index (χ4v) is 1.24. The molecule has 0 radical (unpaired) electrons. The molecule has 1 aromatic rings. The first kappa shape index (κ1) is 9.45. The summed E-state index contributed by atoms with van der Waals surface area (Å²) in [4.78, 5) is 15.1. The van der Waals surface area contributed by atoms with Crippen LogP contribution in [0, 0.1) is 0 Å². The van der Waals surface area contributed by atoms with Gasteiger partial charge in [0, 0.05) is 18.4 Å². The van der Waals surface area contributed by atoms with Crippen LogP contribution in [-0.2, 0) is 0 Å². The van der Waals surface area contributed by atoms with Crippen molar-refractivity contribution >= 4 is 12.1 Å². The van der Waals surface area contributed by atoms with E-state index in [1.807, 2.05) is 36.4 Å². The first-order chi connectivity index (χ1) is 7.34. The molecule has 0 aliphatic carbocycles. The SMILES string of the molecule is O=C1NCC=C(/C=C/c2ccccn2)N1. The van der Waals surface area contributed by atoms with Gasteiger partial charge in [-0.2, -0.15) is 0 Å². The van der Waals surface area contributed by atoms with Gasteiger partial charge in [0.1, 0.15) is 0 Å². The van der Waals surface area contributed by atoms with Crippen molar-refractivity contribution in [2.75, 3.05) is 6.54 Å². The van der Waals surface area contributed by atoms with Gasteiger partial charge in [0.25, 0.3) is 0 Å². The van der Waals surface area contributed by atoms with E-state index in [0.29, 0.717) is 6.54 Å². The highest BCUT2D eigenvalue weighted by molar-refractivity contribution is 5.78. The van der Waals surface area contributed by atoms with Crippen LogP contribution < -0.4 is 10.6 Å². The molecule has 2 rings (SSSR count). The maximum absolute atomic E-state index is 11.0. The second-order valence-electron chi connectivity index (χ2n) is 3.08. The summed E-state index contributed by atoms with van der Waals surface area (Å²) >= 11 is 0. The summed E-state index contributed by atoms with van der Waals surface area (Å²) in [6, 6.07) is 5.52. The minimum Gasteiger partial charge on any atom is -0.334 e. The zero-order valence-electron chi connectivity index (χ0n) is 8.10. The summed E-state index contributed by atoms with van der Waals surface area (Å²) in [6.45, 7) is 0.563. The number of nitrogens with zero attached hydrogens (tertiary/aromatic N) is 1. The maximum Gasteiger partial charge on any atom is 0.319 e. The Labute approximate surface area is 87.7 Å². The lowest BCUT2D eigenvalue weighted by atomic mass is 10.2. The Balaban J connectivity index is 2.06. The lowest BCUT2D eigenvalue weighted by Gasteiger charge is -2.12. The Bertz CT molecular complexity index is 409. The molecule has 0 bridgehead atoms. The van der Waals surface area contributed by atoms with E-state index in [0.717, 1.165) is 11.4 Å². The molecule has 1 aliphatic heterocycles. The van der Waals surface area contributed by atoms with Crippen LogP contribution in [0.15, 0.2) is 42.2 Å². The standard InChI is InChI=1S/C11H11N3O/c15-11-13-8-6-10(14-11)5-4-9-3-1-2-7-12-9/h1-7H,8H2,(H2,13,14,15)/b5-4+. The highest BCUT2D eigenvalue weighted by Crippen LogP contribution is 2.01. The van der Waals surface area contributed by atoms with Crippen molar-refractivity contribution in [3.8, 4) is 0 Å². The molecule has 0 aromatic carbocycles. The lowest BCUT2D eigenvalue weighted by molar-refractivity contribution is 0.243. The predicted molar refractivity (Wildman–Crippen MR) is 57.9 cm³/mol. The van der Waals surface area contributed by atoms with Crippen molar-refractivity contribution in [1.82, 2.24) is 15.6 Å². The second kappa shape index (κ2) is 4.41. The van der Waals surface area contributed by atoms with Crippen LogP contribution in [-0.4, -0.2) is 17.6 Å². The number of hydrogen-bond acceptors (Lipinski definition) is 2. The number of amides is 2. The van der Waals surface area contributed by atoms with Gasteiger partial charge in [-0.3, -0.25) is 4.98 Å². The third kappa shape index (κ3) is 2.67. The molecule has 0 atom stereocenters. The van der Waals surface area contributed by atoms with Crippen LogP contribution in [0.2, 0.25) is 0 Å². The first-order valence-electron chi connectivity index (χ1n) is 4.69. The van der Waals surface area contributed by atoms with Gasteiger partial charge in [0.05, 0.1) is 5.69 Å². The van der Waals surface area contributed by atoms with Crippen LogP contribution in [0.4, 0.5) is 4.79 Å². The number of pyridine rings is 1. The Hall–Kier alpha value is -2.10. The number of nitrogens with one attached hydrogen (secondary N) is 2. The lowest BCUT2D eigenvalue weighted by Crippen LogP contribution is -2.38. The van der Waals surface area contributed by atoms with E-state index in [-0.39, 0.29) is 6.03 Å². The van der Waals surface area contributed by atoms with Gasteiger partial charge in [0.15, 0.2) is 0 Å². The molecular weight excluding hydrogens is 190 g/mol. The minimum absolute atomic E-state index is 0.168. The molecular formula is C11H11N3O. The number of rotatable bonds is 2. The Morgan fingerprint density at radius 1 is 1.33 bits per heavy atom. The topological polar surface area (TPSA) is 54.0 Å². The molecule has 4 heteroatoms. The van der Waals surface area contributed by atoms with E-state index in [1.165, 1.54) is 0 Å². The van der Waals surface area contributed by atoms with Crippen molar-refractivity contribution < 1.29 is 4.79 Å². The van der Waals surface area contributed by atoms with Gasteiger partial charge in [0.2, 0.25) is 0 Å². The second-order valence-corrected chi connectivity index (χ2v) is 3.08. The number of carbonyl (C=O) groups is 1. The van der Waals surface area contributed by atoms with Crippen molar-refractivity contribution in [3.63, 3.8) is 0 Å². The van der Waals surface area contributed by atoms with Crippen molar-refractivity contribution in [2.24, 2.45) is 0 Å². The molecule has 4 nitrogen and oxygen atoms in total. The summed E-state index contributed by atoms with van der Waals surface area (Å²) in [6.07, 6.45) is 7.33. The summed E-state index contributed by atoms with van der Waals surface area (Å²) in [7, 11) is 0.